The van der Waals surface area contributed by atoms with E-state index >= 15 is 0 Å². The molecule has 0 aliphatic carbocycles. The lowest BCUT2D eigenvalue weighted by molar-refractivity contribution is 0.268. The van der Waals surface area contributed by atoms with Crippen molar-refractivity contribution in [3.8, 4) is 11.6 Å². The topological polar surface area (TPSA) is 74.6 Å². The Kier molecular flexibility index (Phi) is 6.64. The van der Waals surface area contributed by atoms with Gasteiger partial charge < -0.3 is 20.3 Å². The number of rotatable bonds is 7. The van der Waals surface area contributed by atoms with Gasteiger partial charge in [0.2, 0.25) is 5.88 Å². The predicted octanol–water partition coefficient (Wildman–Crippen LogP) is 4.13. The Hall–Kier alpha value is -1.82. The number of aliphatic hydroxyl groups excluding tert-OH is 2. The predicted molar refractivity (Wildman–Crippen MR) is 101 cm³/mol. The molecule has 1 aromatic carbocycles. The Bertz CT molecular complexity index is 723. The Labute approximate surface area is 153 Å². The minimum atomic E-state index is -0.224. The summed E-state index contributed by atoms with van der Waals surface area (Å²) in [6.45, 7) is 7.47. The van der Waals surface area contributed by atoms with Gasteiger partial charge in [0.15, 0.2) is 0 Å². The van der Waals surface area contributed by atoms with Crippen LogP contribution in [0.1, 0.15) is 35.7 Å². The van der Waals surface area contributed by atoms with Crippen molar-refractivity contribution in [2.24, 2.45) is 0 Å². The Morgan fingerprint density at radius 3 is 2.32 bits per heavy atom. The number of aliphatic hydroxyl groups is 2. The molecular weight excluding hydrogens is 340 g/mol. The highest BCUT2D eigenvalue weighted by Crippen LogP contribution is 2.35. The van der Waals surface area contributed by atoms with E-state index in [9.17, 15) is 10.2 Å². The summed E-state index contributed by atoms with van der Waals surface area (Å²) in [6, 6.07) is 5.41. The average molecular weight is 365 g/mol. The van der Waals surface area contributed by atoms with Gasteiger partial charge in [0.05, 0.1) is 18.8 Å². The second-order valence-corrected chi connectivity index (χ2v) is 6.59. The smallest absolute Gasteiger partial charge is 0.227 e. The van der Waals surface area contributed by atoms with Crippen LogP contribution in [0.3, 0.4) is 0 Å². The maximum Gasteiger partial charge on any atom is 0.227 e. The van der Waals surface area contributed by atoms with Crippen LogP contribution in [0.2, 0.25) is 5.02 Å². The van der Waals surface area contributed by atoms with E-state index in [-0.39, 0.29) is 19.3 Å². The zero-order valence-corrected chi connectivity index (χ0v) is 15.8. The molecule has 0 radical (unpaired) electrons. The highest BCUT2D eigenvalue weighted by atomic mass is 35.5. The normalized spacial score (nSPS) is 12.1. The van der Waals surface area contributed by atoms with Crippen LogP contribution in [0.25, 0.3) is 0 Å². The highest BCUT2D eigenvalue weighted by Gasteiger charge is 2.17. The summed E-state index contributed by atoms with van der Waals surface area (Å²) in [4.78, 5) is 4.45. The van der Waals surface area contributed by atoms with Gasteiger partial charge >= 0.3 is 0 Å². The van der Waals surface area contributed by atoms with Crippen molar-refractivity contribution in [3.05, 3.63) is 45.6 Å². The van der Waals surface area contributed by atoms with Crippen LogP contribution < -0.4 is 10.1 Å². The van der Waals surface area contributed by atoms with E-state index in [0.717, 1.165) is 28.9 Å². The fourth-order valence-corrected chi connectivity index (χ4v) is 3.02. The van der Waals surface area contributed by atoms with Gasteiger partial charge in [-0.1, -0.05) is 18.5 Å². The van der Waals surface area contributed by atoms with Crippen molar-refractivity contribution in [1.82, 2.24) is 4.98 Å². The summed E-state index contributed by atoms with van der Waals surface area (Å²) in [6.07, 6.45) is 0.758. The molecule has 2 aromatic rings. The van der Waals surface area contributed by atoms with Crippen LogP contribution in [0, 0.1) is 20.8 Å². The summed E-state index contributed by atoms with van der Waals surface area (Å²) in [5.74, 6) is 1.03. The molecule has 0 fully saturated rings. The molecule has 2 rings (SSSR count). The van der Waals surface area contributed by atoms with Gasteiger partial charge in [-0.3, -0.25) is 0 Å². The van der Waals surface area contributed by atoms with Crippen molar-refractivity contribution in [3.63, 3.8) is 0 Å². The molecule has 1 aromatic heterocycles. The van der Waals surface area contributed by atoms with Crippen LogP contribution >= 0.6 is 11.6 Å². The molecule has 0 aliphatic rings. The van der Waals surface area contributed by atoms with Crippen molar-refractivity contribution in [1.29, 1.82) is 0 Å². The number of ether oxygens (including phenoxy) is 1. The molecule has 0 saturated heterocycles. The van der Waals surface area contributed by atoms with Gasteiger partial charge in [0.1, 0.15) is 5.75 Å². The van der Waals surface area contributed by atoms with Gasteiger partial charge in [-0.2, -0.15) is 0 Å². The molecule has 25 heavy (non-hydrogen) atoms. The number of benzene rings is 1. The lowest BCUT2D eigenvalue weighted by Crippen LogP contribution is -2.23. The summed E-state index contributed by atoms with van der Waals surface area (Å²) >= 11 is 6.08. The molecule has 136 valence electrons. The lowest BCUT2D eigenvalue weighted by atomic mass is 10.1. The third-order valence-corrected chi connectivity index (χ3v) is 4.29. The minimum Gasteiger partial charge on any atom is -0.438 e. The van der Waals surface area contributed by atoms with Crippen LogP contribution in [0.4, 0.5) is 5.69 Å². The number of nitrogens with zero attached hydrogens (tertiary/aromatic N) is 1. The second-order valence-electron chi connectivity index (χ2n) is 6.16. The highest BCUT2D eigenvalue weighted by molar-refractivity contribution is 6.30. The summed E-state index contributed by atoms with van der Waals surface area (Å²) in [7, 11) is 0. The first kappa shape index (κ1) is 19.5. The number of hydrogen-bond acceptors (Lipinski definition) is 5. The average Bonchev–Trinajstić information content (AvgIpc) is 2.55. The maximum atomic E-state index is 9.87. The van der Waals surface area contributed by atoms with E-state index in [1.165, 1.54) is 0 Å². The zero-order valence-electron chi connectivity index (χ0n) is 15.1. The van der Waals surface area contributed by atoms with Crippen molar-refractivity contribution < 1.29 is 14.9 Å². The summed E-state index contributed by atoms with van der Waals surface area (Å²) < 4.78 is 6.06. The first-order valence-corrected chi connectivity index (χ1v) is 8.70. The lowest BCUT2D eigenvalue weighted by Gasteiger charge is -2.21. The number of halogens is 1. The Morgan fingerprint density at radius 1 is 1.16 bits per heavy atom. The number of aromatic nitrogens is 1. The standard InChI is InChI=1S/C19H25ClN2O3/c1-5-15(9-23)22-17-8-13(4)21-19(16(17)10-24)25-18-11(2)6-14(20)7-12(18)3/h6-8,15,23-24H,5,9-10H2,1-4H3,(H,21,22). The molecule has 1 heterocycles. The van der Waals surface area contributed by atoms with Crippen molar-refractivity contribution in [2.45, 2.75) is 46.8 Å². The maximum absolute atomic E-state index is 9.87. The Morgan fingerprint density at radius 2 is 1.80 bits per heavy atom. The fourth-order valence-electron chi connectivity index (χ4n) is 2.69. The number of anilines is 1. The molecule has 6 heteroatoms. The molecule has 0 aliphatic heterocycles. The van der Waals surface area contributed by atoms with Crippen molar-refractivity contribution in [2.75, 3.05) is 11.9 Å². The van der Waals surface area contributed by atoms with Crippen LogP contribution in [0.5, 0.6) is 11.6 Å². The van der Waals surface area contributed by atoms with E-state index in [4.69, 9.17) is 16.3 Å². The third kappa shape index (κ3) is 4.63. The van der Waals surface area contributed by atoms with Gasteiger partial charge in [-0.25, -0.2) is 4.98 Å². The first-order valence-electron chi connectivity index (χ1n) is 8.32. The van der Waals surface area contributed by atoms with Gasteiger partial charge in [-0.15, -0.1) is 0 Å². The first-order chi connectivity index (χ1) is 11.9. The molecule has 5 nitrogen and oxygen atoms in total. The van der Waals surface area contributed by atoms with Gasteiger partial charge in [0, 0.05) is 22.4 Å². The molecule has 0 amide bonds. The zero-order chi connectivity index (χ0) is 18.6. The molecule has 3 N–H and O–H groups in total. The van der Waals surface area contributed by atoms with E-state index < -0.39 is 0 Å². The minimum absolute atomic E-state index is 0.00826. The van der Waals surface area contributed by atoms with Crippen LogP contribution in [-0.2, 0) is 6.61 Å². The summed E-state index contributed by atoms with van der Waals surface area (Å²) in [5, 5.41) is 23.2. The molecule has 0 saturated carbocycles. The molecule has 0 spiro atoms. The summed E-state index contributed by atoms with van der Waals surface area (Å²) in [5.41, 5.74) is 3.83. The largest absolute Gasteiger partial charge is 0.438 e. The third-order valence-electron chi connectivity index (χ3n) is 4.07. The van der Waals surface area contributed by atoms with Crippen molar-refractivity contribution >= 4 is 17.3 Å². The number of hydrogen-bond donors (Lipinski definition) is 3. The molecule has 1 unspecified atom stereocenters. The van der Waals surface area contributed by atoms with Gasteiger partial charge in [-0.05, 0) is 56.5 Å². The van der Waals surface area contributed by atoms with Crippen LogP contribution in [0.15, 0.2) is 18.2 Å². The number of nitrogens with one attached hydrogen (secondary N) is 1. The van der Waals surface area contributed by atoms with Crippen LogP contribution in [-0.4, -0.2) is 27.8 Å². The molecular formula is C19H25ClN2O3. The van der Waals surface area contributed by atoms with E-state index in [1.54, 1.807) is 0 Å². The monoisotopic (exact) mass is 364 g/mol. The van der Waals surface area contributed by atoms with E-state index in [2.05, 4.69) is 10.3 Å². The SMILES string of the molecule is CCC(CO)Nc1cc(C)nc(Oc2c(C)cc(Cl)cc2C)c1CO. The second kappa shape index (κ2) is 8.52. The number of aryl methyl sites for hydroxylation is 3. The number of pyridine rings is 1. The molecule has 1 atom stereocenters. The molecule has 0 bridgehead atoms. The fraction of sp³-hybridized carbons (Fsp3) is 0.421. The van der Waals surface area contributed by atoms with E-state index in [0.29, 0.717) is 22.2 Å². The van der Waals surface area contributed by atoms with E-state index in [1.807, 2.05) is 45.9 Å². The van der Waals surface area contributed by atoms with Gasteiger partial charge in [0.25, 0.3) is 0 Å². The Balaban J connectivity index is 2.46. The quantitative estimate of drug-likeness (QED) is 0.688.